The van der Waals surface area contributed by atoms with Crippen molar-refractivity contribution in [2.75, 3.05) is 18.0 Å². The van der Waals surface area contributed by atoms with Crippen LogP contribution in [0.25, 0.3) is 0 Å². The Balaban J connectivity index is 2.40. The van der Waals surface area contributed by atoms with Gasteiger partial charge in [-0.05, 0) is 19.4 Å². The molecule has 1 saturated heterocycles. The third-order valence-corrected chi connectivity index (χ3v) is 2.81. The molecule has 1 aliphatic heterocycles. The van der Waals surface area contributed by atoms with Gasteiger partial charge in [0.1, 0.15) is 0 Å². The van der Waals surface area contributed by atoms with E-state index < -0.39 is 0 Å². The van der Waals surface area contributed by atoms with Crippen molar-refractivity contribution in [1.82, 2.24) is 4.98 Å². The van der Waals surface area contributed by atoms with Crippen LogP contribution in [0, 0.1) is 17.0 Å². The second-order valence-electron chi connectivity index (χ2n) is 4.05. The number of anilines is 1. The molecule has 0 aliphatic carbocycles. The molecule has 1 unspecified atom stereocenters. The molecule has 1 fully saturated rings. The third-order valence-electron chi connectivity index (χ3n) is 2.81. The highest BCUT2D eigenvalue weighted by atomic mass is 16.6. The summed E-state index contributed by atoms with van der Waals surface area (Å²) in [7, 11) is 0. The van der Waals surface area contributed by atoms with Crippen molar-refractivity contribution >= 4 is 11.5 Å². The largest absolute Gasteiger partial charge is 0.349 e. The van der Waals surface area contributed by atoms with E-state index in [9.17, 15) is 10.1 Å². The van der Waals surface area contributed by atoms with Crippen molar-refractivity contribution in [3.8, 4) is 0 Å². The minimum atomic E-state index is -0.374. The maximum absolute atomic E-state index is 11.0. The number of hydrogen-bond acceptors (Lipinski definition) is 5. The summed E-state index contributed by atoms with van der Waals surface area (Å²) in [5.74, 6) is 0.443. The Labute approximate surface area is 93.2 Å². The quantitative estimate of drug-likeness (QED) is 0.592. The van der Waals surface area contributed by atoms with Gasteiger partial charge in [0.05, 0.1) is 4.92 Å². The molecule has 2 heterocycles. The van der Waals surface area contributed by atoms with Gasteiger partial charge in [-0.1, -0.05) is 0 Å². The molecule has 0 spiro atoms. The summed E-state index contributed by atoms with van der Waals surface area (Å²) in [6.45, 7) is 3.09. The van der Waals surface area contributed by atoms with E-state index in [1.165, 1.54) is 0 Å². The van der Waals surface area contributed by atoms with Crippen LogP contribution in [0.1, 0.15) is 12.0 Å². The highest BCUT2D eigenvalue weighted by Crippen LogP contribution is 2.30. The monoisotopic (exact) mass is 222 g/mol. The molecule has 1 atom stereocenters. The molecule has 2 N–H and O–H groups in total. The number of hydrogen-bond donors (Lipinski definition) is 1. The minimum absolute atomic E-state index is 0.0851. The zero-order chi connectivity index (χ0) is 11.7. The molecule has 6 nitrogen and oxygen atoms in total. The molecule has 16 heavy (non-hydrogen) atoms. The van der Waals surface area contributed by atoms with Gasteiger partial charge in [-0.2, -0.15) is 0 Å². The van der Waals surface area contributed by atoms with E-state index in [1.807, 2.05) is 4.90 Å². The fourth-order valence-electron chi connectivity index (χ4n) is 1.97. The van der Waals surface area contributed by atoms with Crippen molar-refractivity contribution in [2.45, 2.75) is 19.4 Å². The maximum Gasteiger partial charge on any atom is 0.314 e. The van der Waals surface area contributed by atoms with E-state index in [0.717, 1.165) is 13.0 Å². The lowest BCUT2D eigenvalue weighted by Crippen LogP contribution is -2.27. The van der Waals surface area contributed by atoms with Gasteiger partial charge in [0.2, 0.25) is 5.82 Å². The van der Waals surface area contributed by atoms with Gasteiger partial charge in [0.15, 0.2) is 0 Å². The summed E-state index contributed by atoms with van der Waals surface area (Å²) < 4.78 is 0. The summed E-state index contributed by atoms with van der Waals surface area (Å²) in [6.07, 6.45) is 2.45. The molecule has 1 aromatic rings. The second kappa shape index (κ2) is 4.05. The SMILES string of the molecule is Cc1ccnc(N2CCC(N)C2)c1[N+](=O)[O-]. The van der Waals surface area contributed by atoms with Gasteiger partial charge >= 0.3 is 5.69 Å². The molecule has 0 radical (unpaired) electrons. The fourth-order valence-corrected chi connectivity index (χ4v) is 1.97. The van der Waals surface area contributed by atoms with Crippen LogP contribution in [-0.4, -0.2) is 29.0 Å². The lowest BCUT2D eigenvalue weighted by molar-refractivity contribution is -0.384. The first-order chi connectivity index (χ1) is 7.59. The van der Waals surface area contributed by atoms with Crippen LogP contribution in [0.2, 0.25) is 0 Å². The number of nitro groups is 1. The van der Waals surface area contributed by atoms with Gasteiger partial charge in [0, 0.05) is 30.9 Å². The van der Waals surface area contributed by atoms with E-state index in [-0.39, 0.29) is 16.7 Å². The maximum atomic E-state index is 11.0. The predicted octanol–water partition coefficient (Wildman–Crippen LogP) is 0.836. The van der Waals surface area contributed by atoms with Gasteiger partial charge in [-0.15, -0.1) is 0 Å². The van der Waals surface area contributed by atoms with Crippen molar-refractivity contribution < 1.29 is 4.92 Å². The first-order valence-electron chi connectivity index (χ1n) is 5.20. The van der Waals surface area contributed by atoms with Crippen LogP contribution in [0.5, 0.6) is 0 Å². The lowest BCUT2D eigenvalue weighted by Gasteiger charge is -2.16. The van der Waals surface area contributed by atoms with Crippen LogP contribution in [-0.2, 0) is 0 Å². The Morgan fingerprint density at radius 2 is 2.44 bits per heavy atom. The molecule has 1 aliphatic rings. The average molecular weight is 222 g/mol. The minimum Gasteiger partial charge on any atom is -0.349 e. The van der Waals surface area contributed by atoms with Crippen LogP contribution in [0.4, 0.5) is 11.5 Å². The molecular formula is C10H14N4O2. The fraction of sp³-hybridized carbons (Fsp3) is 0.500. The Morgan fingerprint density at radius 3 is 3.00 bits per heavy atom. The number of rotatable bonds is 2. The Morgan fingerprint density at radius 1 is 1.69 bits per heavy atom. The van der Waals surface area contributed by atoms with Crippen LogP contribution in [0.15, 0.2) is 12.3 Å². The van der Waals surface area contributed by atoms with Crippen molar-refractivity contribution in [1.29, 1.82) is 0 Å². The van der Waals surface area contributed by atoms with E-state index in [0.29, 0.717) is 17.9 Å². The van der Waals surface area contributed by atoms with Gasteiger partial charge < -0.3 is 10.6 Å². The summed E-state index contributed by atoms with van der Waals surface area (Å²) in [4.78, 5) is 16.6. The first kappa shape index (κ1) is 10.8. The zero-order valence-corrected chi connectivity index (χ0v) is 9.09. The Hall–Kier alpha value is -1.69. The van der Waals surface area contributed by atoms with E-state index in [4.69, 9.17) is 5.73 Å². The highest BCUT2D eigenvalue weighted by molar-refractivity contribution is 5.62. The number of aromatic nitrogens is 1. The molecular weight excluding hydrogens is 208 g/mol. The van der Waals surface area contributed by atoms with Crippen molar-refractivity contribution in [3.05, 3.63) is 27.9 Å². The number of pyridine rings is 1. The molecule has 0 bridgehead atoms. The Kier molecular flexibility index (Phi) is 2.74. The third kappa shape index (κ3) is 1.83. The molecule has 1 aromatic heterocycles. The Bertz CT molecular complexity index is 421. The van der Waals surface area contributed by atoms with Crippen molar-refractivity contribution in [2.24, 2.45) is 5.73 Å². The summed E-state index contributed by atoms with van der Waals surface area (Å²) in [6, 6.07) is 1.74. The molecule has 86 valence electrons. The van der Waals surface area contributed by atoms with Crippen LogP contribution < -0.4 is 10.6 Å². The summed E-state index contributed by atoms with van der Waals surface area (Å²) >= 11 is 0. The second-order valence-corrected chi connectivity index (χ2v) is 4.05. The molecule has 0 amide bonds. The van der Waals surface area contributed by atoms with Crippen LogP contribution in [0.3, 0.4) is 0 Å². The topological polar surface area (TPSA) is 85.3 Å². The molecule has 0 aromatic carbocycles. The number of aryl methyl sites for hydroxylation is 1. The standard InChI is InChI=1S/C10H14N4O2/c1-7-2-4-12-10(9(7)14(15)16)13-5-3-8(11)6-13/h2,4,8H,3,5-6,11H2,1H3. The molecule has 6 heteroatoms. The van der Waals surface area contributed by atoms with Gasteiger partial charge in [-0.3, -0.25) is 10.1 Å². The smallest absolute Gasteiger partial charge is 0.314 e. The van der Waals surface area contributed by atoms with E-state index in [1.54, 1.807) is 19.2 Å². The van der Waals surface area contributed by atoms with Gasteiger partial charge in [-0.25, -0.2) is 4.98 Å². The van der Waals surface area contributed by atoms with Crippen molar-refractivity contribution in [3.63, 3.8) is 0 Å². The van der Waals surface area contributed by atoms with E-state index in [2.05, 4.69) is 4.98 Å². The van der Waals surface area contributed by atoms with Gasteiger partial charge in [0.25, 0.3) is 0 Å². The lowest BCUT2D eigenvalue weighted by atomic mass is 10.2. The zero-order valence-electron chi connectivity index (χ0n) is 9.09. The molecule has 2 rings (SSSR count). The highest BCUT2D eigenvalue weighted by Gasteiger charge is 2.28. The number of nitrogens with zero attached hydrogens (tertiary/aromatic N) is 3. The normalized spacial score (nSPS) is 20.1. The van der Waals surface area contributed by atoms with E-state index >= 15 is 0 Å². The predicted molar refractivity (Wildman–Crippen MR) is 60.4 cm³/mol. The summed E-state index contributed by atoms with van der Waals surface area (Å²) in [5.41, 5.74) is 6.52. The summed E-state index contributed by atoms with van der Waals surface area (Å²) in [5, 5.41) is 11.0. The first-order valence-corrected chi connectivity index (χ1v) is 5.20. The molecule has 0 saturated carbocycles. The average Bonchev–Trinajstić information content (AvgIpc) is 2.63. The number of nitrogens with two attached hydrogens (primary N) is 1. The van der Waals surface area contributed by atoms with Crippen LogP contribution >= 0.6 is 0 Å².